The smallest absolute Gasteiger partial charge is 0.275 e. The number of carbonyl (C=O) groups excluding carboxylic acids is 2. The van der Waals surface area contributed by atoms with Gasteiger partial charge in [-0.15, -0.1) is 0 Å². The summed E-state index contributed by atoms with van der Waals surface area (Å²) < 4.78 is 6.72. The molecule has 0 spiro atoms. The van der Waals surface area contributed by atoms with E-state index < -0.39 is 29.7 Å². The summed E-state index contributed by atoms with van der Waals surface area (Å²) in [5.74, 6) is -0.763. The van der Waals surface area contributed by atoms with Crippen LogP contribution >= 0.6 is 0 Å². The van der Waals surface area contributed by atoms with Gasteiger partial charge in [-0.2, -0.15) is 5.10 Å². The standard InChI is InChI=1S/C28H27N3O5/c1-4-28(2,3)18-9-13-20(14-10-18)36-21-15-11-19(12-16-21)29-24(32)17-31-26(33)23-8-6-5-7-22(23)25(30-31)27(34)35/h5-16H,4,17H2,1-3H3,(H,29,32)(H,34,35)/p-1. The molecule has 0 aliphatic rings. The van der Waals surface area contributed by atoms with Crippen LogP contribution in [0.3, 0.4) is 0 Å². The van der Waals surface area contributed by atoms with Gasteiger partial charge in [0.2, 0.25) is 5.91 Å². The van der Waals surface area contributed by atoms with Crippen molar-refractivity contribution >= 4 is 28.3 Å². The van der Waals surface area contributed by atoms with Crippen LogP contribution in [0.1, 0.15) is 43.2 Å². The maximum absolute atomic E-state index is 12.7. The van der Waals surface area contributed by atoms with Crippen LogP contribution in [0.2, 0.25) is 0 Å². The van der Waals surface area contributed by atoms with Gasteiger partial charge in [-0.05, 0) is 59.9 Å². The quantitative estimate of drug-likeness (QED) is 0.406. The molecule has 1 N–H and O–H groups in total. The molecule has 0 unspecified atom stereocenters. The molecule has 0 aliphatic carbocycles. The number of aromatic nitrogens is 2. The highest BCUT2D eigenvalue weighted by atomic mass is 16.5. The van der Waals surface area contributed by atoms with Gasteiger partial charge in [0.15, 0.2) is 0 Å². The van der Waals surface area contributed by atoms with Crippen LogP contribution in [0, 0.1) is 0 Å². The van der Waals surface area contributed by atoms with Crippen molar-refractivity contribution < 1.29 is 19.4 Å². The van der Waals surface area contributed by atoms with Gasteiger partial charge >= 0.3 is 0 Å². The van der Waals surface area contributed by atoms with Gasteiger partial charge in [-0.1, -0.05) is 51.1 Å². The minimum Gasteiger partial charge on any atom is -0.543 e. The Morgan fingerprint density at radius 3 is 2.11 bits per heavy atom. The molecule has 184 valence electrons. The fraction of sp³-hybridized carbons (Fsp3) is 0.214. The van der Waals surface area contributed by atoms with Crippen molar-refractivity contribution in [2.75, 3.05) is 5.32 Å². The van der Waals surface area contributed by atoms with E-state index in [0.29, 0.717) is 17.2 Å². The molecule has 4 rings (SSSR count). The van der Waals surface area contributed by atoms with Crippen molar-refractivity contribution in [1.29, 1.82) is 0 Å². The van der Waals surface area contributed by atoms with E-state index in [9.17, 15) is 19.5 Å². The minimum absolute atomic E-state index is 0.0952. The lowest BCUT2D eigenvalue weighted by molar-refractivity contribution is -0.255. The average Bonchev–Trinajstić information content (AvgIpc) is 2.87. The second kappa shape index (κ2) is 10.0. The lowest BCUT2D eigenvalue weighted by Gasteiger charge is -2.23. The van der Waals surface area contributed by atoms with Gasteiger partial charge < -0.3 is 20.0 Å². The zero-order valence-corrected chi connectivity index (χ0v) is 20.3. The summed E-state index contributed by atoms with van der Waals surface area (Å²) in [7, 11) is 0. The topological polar surface area (TPSA) is 113 Å². The number of carboxylic acid groups (broad SMARTS) is 1. The molecular formula is C28H26N3O5-. The average molecular weight is 485 g/mol. The number of hydrogen-bond donors (Lipinski definition) is 1. The van der Waals surface area contributed by atoms with Crippen LogP contribution in [-0.2, 0) is 16.8 Å². The zero-order chi connectivity index (χ0) is 25.9. The number of hydrogen-bond acceptors (Lipinski definition) is 6. The number of rotatable bonds is 8. The van der Waals surface area contributed by atoms with E-state index in [0.717, 1.165) is 11.1 Å². The molecule has 8 nitrogen and oxygen atoms in total. The van der Waals surface area contributed by atoms with E-state index in [-0.39, 0.29) is 16.2 Å². The lowest BCUT2D eigenvalue weighted by Crippen LogP contribution is -2.34. The number of anilines is 1. The molecule has 0 fully saturated rings. The Hall–Kier alpha value is -4.46. The molecule has 0 saturated carbocycles. The molecule has 0 aliphatic heterocycles. The third kappa shape index (κ3) is 5.27. The number of aromatic carboxylic acids is 1. The highest BCUT2D eigenvalue weighted by Gasteiger charge is 2.18. The Bertz CT molecular complexity index is 1470. The van der Waals surface area contributed by atoms with E-state index >= 15 is 0 Å². The summed E-state index contributed by atoms with van der Waals surface area (Å²) in [4.78, 5) is 36.7. The number of carboxylic acids is 1. The Labute approximate surface area is 208 Å². The Balaban J connectivity index is 1.44. The second-order valence-corrected chi connectivity index (χ2v) is 9.08. The lowest BCUT2D eigenvalue weighted by atomic mass is 9.82. The van der Waals surface area contributed by atoms with Gasteiger partial charge in [-0.3, -0.25) is 9.59 Å². The van der Waals surface area contributed by atoms with Crippen LogP contribution in [0.4, 0.5) is 5.69 Å². The van der Waals surface area contributed by atoms with Crippen molar-refractivity contribution in [3.8, 4) is 11.5 Å². The van der Waals surface area contributed by atoms with Crippen molar-refractivity contribution in [1.82, 2.24) is 9.78 Å². The second-order valence-electron chi connectivity index (χ2n) is 9.08. The van der Waals surface area contributed by atoms with Crippen molar-refractivity contribution in [3.63, 3.8) is 0 Å². The third-order valence-electron chi connectivity index (χ3n) is 6.25. The van der Waals surface area contributed by atoms with Crippen molar-refractivity contribution in [2.24, 2.45) is 0 Å². The predicted molar refractivity (Wildman–Crippen MR) is 135 cm³/mol. The fourth-order valence-corrected chi connectivity index (χ4v) is 3.75. The molecule has 0 radical (unpaired) electrons. The van der Waals surface area contributed by atoms with E-state index in [1.807, 2.05) is 12.1 Å². The number of fused-ring (bicyclic) bond motifs is 1. The van der Waals surface area contributed by atoms with E-state index in [4.69, 9.17) is 4.74 Å². The summed E-state index contributed by atoms with van der Waals surface area (Å²) in [6, 6.07) is 20.9. The normalized spacial score (nSPS) is 11.3. The molecular weight excluding hydrogens is 458 g/mol. The molecule has 4 aromatic rings. The van der Waals surface area contributed by atoms with Gasteiger partial charge in [0.1, 0.15) is 23.7 Å². The summed E-state index contributed by atoms with van der Waals surface area (Å²) in [6.45, 7) is 6.10. The van der Waals surface area contributed by atoms with E-state index in [1.54, 1.807) is 36.4 Å². The molecule has 0 saturated heterocycles. The molecule has 0 atom stereocenters. The van der Waals surface area contributed by atoms with Crippen LogP contribution in [-0.4, -0.2) is 21.7 Å². The highest BCUT2D eigenvalue weighted by molar-refractivity contribution is 6.00. The summed E-state index contributed by atoms with van der Waals surface area (Å²) in [6.07, 6.45) is 1.03. The van der Waals surface area contributed by atoms with Gasteiger partial charge in [-0.25, -0.2) is 4.68 Å². The first kappa shape index (κ1) is 24.7. The van der Waals surface area contributed by atoms with Crippen molar-refractivity contribution in [2.45, 2.75) is 39.2 Å². The van der Waals surface area contributed by atoms with Crippen molar-refractivity contribution in [3.05, 3.63) is 94.4 Å². The maximum atomic E-state index is 12.7. The molecule has 36 heavy (non-hydrogen) atoms. The first-order chi connectivity index (χ1) is 17.2. The number of nitrogens with zero attached hydrogens (tertiary/aromatic N) is 2. The number of ether oxygens (including phenoxy) is 1. The van der Waals surface area contributed by atoms with Gasteiger partial charge in [0, 0.05) is 11.1 Å². The number of benzene rings is 3. The fourth-order valence-electron chi connectivity index (χ4n) is 3.75. The summed E-state index contributed by atoms with van der Waals surface area (Å²) >= 11 is 0. The Morgan fingerprint density at radius 2 is 1.53 bits per heavy atom. The van der Waals surface area contributed by atoms with Crippen LogP contribution < -0.4 is 20.7 Å². The van der Waals surface area contributed by atoms with Crippen LogP contribution in [0.5, 0.6) is 11.5 Å². The SMILES string of the molecule is CCC(C)(C)c1ccc(Oc2ccc(NC(=O)Cn3nc(C(=O)[O-])c4ccccc4c3=O)cc2)cc1. The first-order valence-corrected chi connectivity index (χ1v) is 11.6. The monoisotopic (exact) mass is 484 g/mol. The minimum atomic E-state index is -1.53. The largest absolute Gasteiger partial charge is 0.543 e. The molecule has 1 heterocycles. The first-order valence-electron chi connectivity index (χ1n) is 11.6. The van der Waals surface area contributed by atoms with Crippen LogP contribution in [0.15, 0.2) is 77.6 Å². The number of carbonyl (C=O) groups is 2. The van der Waals surface area contributed by atoms with Gasteiger partial charge in [0.25, 0.3) is 5.56 Å². The molecule has 1 amide bonds. The number of nitrogens with one attached hydrogen (secondary N) is 1. The van der Waals surface area contributed by atoms with Gasteiger partial charge in [0.05, 0.1) is 11.4 Å². The summed E-state index contributed by atoms with van der Waals surface area (Å²) in [5, 5.41) is 18.3. The van der Waals surface area contributed by atoms with E-state index in [1.165, 1.54) is 17.7 Å². The summed E-state index contributed by atoms with van der Waals surface area (Å²) in [5.41, 5.74) is 0.856. The highest BCUT2D eigenvalue weighted by Crippen LogP contribution is 2.30. The predicted octanol–water partition coefficient (Wildman–Crippen LogP) is 3.88. The Kier molecular flexibility index (Phi) is 6.87. The Morgan fingerprint density at radius 1 is 0.944 bits per heavy atom. The van der Waals surface area contributed by atoms with Crippen LogP contribution in [0.25, 0.3) is 10.8 Å². The molecule has 0 bridgehead atoms. The molecule has 3 aromatic carbocycles. The van der Waals surface area contributed by atoms with E-state index in [2.05, 4.69) is 43.3 Å². The maximum Gasteiger partial charge on any atom is 0.275 e. The zero-order valence-electron chi connectivity index (χ0n) is 20.3. The molecule has 1 aromatic heterocycles. The molecule has 8 heteroatoms. The third-order valence-corrected chi connectivity index (χ3v) is 6.25. The number of amides is 1.